The molecule has 2 heterocycles. The van der Waals surface area contributed by atoms with Crippen LogP contribution in [0.25, 0.3) is 0 Å². The fourth-order valence-electron chi connectivity index (χ4n) is 3.24. The highest BCUT2D eigenvalue weighted by atomic mass is 35.5. The predicted molar refractivity (Wildman–Crippen MR) is 99.0 cm³/mol. The standard InChI is InChI=1S/C19H14Cl2N4/c20-17-5-1-14(2-6-17)19(16-11-23-24-12-16,25-10-9-22-13-25)15-3-7-18(21)8-4-15/h1-13H,(H,23,24). The zero-order valence-electron chi connectivity index (χ0n) is 13.1. The first kappa shape index (κ1) is 15.9. The summed E-state index contributed by atoms with van der Waals surface area (Å²) in [4.78, 5) is 4.26. The molecule has 124 valence electrons. The maximum Gasteiger partial charge on any atom is 0.124 e. The van der Waals surface area contributed by atoms with Gasteiger partial charge in [-0.05, 0) is 35.4 Å². The second kappa shape index (κ2) is 6.39. The molecule has 6 heteroatoms. The fraction of sp³-hybridized carbons (Fsp3) is 0.0526. The average molecular weight is 369 g/mol. The third-order valence-corrected chi connectivity index (χ3v) is 4.84. The van der Waals surface area contributed by atoms with Crippen molar-refractivity contribution in [3.63, 3.8) is 0 Å². The smallest absolute Gasteiger partial charge is 0.124 e. The lowest BCUT2D eigenvalue weighted by Gasteiger charge is -2.36. The number of nitrogens with zero attached hydrogens (tertiary/aromatic N) is 3. The highest BCUT2D eigenvalue weighted by Crippen LogP contribution is 2.40. The van der Waals surface area contributed by atoms with Gasteiger partial charge in [-0.25, -0.2) is 4.98 Å². The molecule has 4 aromatic rings. The molecule has 0 saturated carbocycles. The molecule has 25 heavy (non-hydrogen) atoms. The van der Waals surface area contributed by atoms with Crippen molar-refractivity contribution in [3.8, 4) is 0 Å². The van der Waals surface area contributed by atoms with E-state index in [0.717, 1.165) is 16.7 Å². The number of benzene rings is 2. The lowest BCUT2D eigenvalue weighted by molar-refractivity contribution is 0.515. The second-order valence-corrected chi connectivity index (χ2v) is 6.55. The van der Waals surface area contributed by atoms with E-state index in [-0.39, 0.29) is 0 Å². The summed E-state index contributed by atoms with van der Waals surface area (Å²) >= 11 is 12.2. The van der Waals surface area contributed by atoms with Gasteiger partial charge in [-0.15, -0.1) is 0 Å². The number of H-pyrrole nitrogens is 1. The van der Waals surface area contributed by atoms with Gasteiger partial charge in [0.25, 0.3) is 0 Å². The molecule has 0 atom stereocenters. The van der Waals surface area contributed by atoms with Gasteiger partial charge >= 0.3 is 0 Å². The Bertz CT molecular complexity index is 862. The van der Waals surface area contributed by atoms with Crippen LogP contribution in [0.15, 0.2) is 79.6 Å². The summed E-state index contributed by atoms with van der Waals surface area (Å²) in [6.07, 6.45) is 9.22. The molecule has 4 nitrogen and oxygen atoms in total. The van der Waals surface area contributed by atoms with Crippen LogP contribution in [-0.4, -0.2) is 19.7 Å². The Morgan fingerprint density at radius 3 is 1.88 bits per heavy atom. The van der Waals surface area contributed by atoms with Gasteiger partial charge in [0, 0.05) is 34.2 Å². The van der Waals surface area contributed by atoms with E-state index < -0.39 is 5.54 Å². The van der Waals surface area contributed by atoms with E-state index in [4.69, 9.17) is 23.2 Å². The fourth-order valence-corrected chi connectivity index (χ4v) is 3.49. The van der Waals surface area contributed by atoms with Gasteiger partial charge in [-0.3, -0.25) is 5.10 Å². The van der Waals surface area contributed by atoms with E-state index in [1.807, 2.05) is 67.1 Å². The Labute approximate surface area is 155 Å². The van der Waals surface area contributed by atoms with Gasteiger partial charge < -0.3 is 4.57 Å². The van der Waals surface area contributed by atoms with E-state index in [9.17, 15) is 0 Å². The van der Waals surface area contributed by atoms with Crippen molar-refractivity contribution in [2.45, 2.75) is 5.54 Å². The molecule has 2 aromatic heterocycles. The molecular weight excluding hydrogens is 355 g/mol. The maximum atomic E-state index is 6.12. The first-order chi connectivity index (χ1) is 12.2. The Balaban J connectivity index is 2.08. The number of halogens is 2. The summed E-state index contributed by atoms with van der Waals surface area (Å²) in [6, 6.07) is 15.6. The van der Waals surface area contributed by atoms with Gasteiger partial charge in [-0.2, -0.15) is 5.10 Å². The van der Waals surface area contributed by atoms with Crippen LogP contribution in [-0.2, 0) is 5.54 Å². The van der Waals surface area contributed by atoms with E-state index in [1.165, 1.54) is 0 Å². The number of hydrogen-bond acceptors (Lipinski definition) is 2. The minimum absolute atomic E-state index is 0.640. The van der Waals surface area contributed by atoms with Gasteiger partial charge in [0.1, 0.15) is 5.54 Å². The van der Waals surface area contributed by atoms with E-state index in [2.05, 4.69) is 19.7 Å². The van der Waals surface area contributed by atoms with E-state index in [1.54, 1.807) is 12.5 Å². The Morgan fingerprint density at radius 1 is 0.840 bits per heavy atom. The van der Waals surface area contributed by atoms with E-state index in [0.29, 0.717) is 10.0 Å². The molecule has 0 amide bonds. The molecule has 4 rings (SSSR count). The summed E-state index contributed by atoms with van der Waals surface area (Å²) in [5.74, 6) is 0. The van der Waals surface area contributed by atoms with Crippen molar-refractivity contribution < 1.29 is 0 Å². The highest BCUT2D eigenvalue weighted by molar-refractivity contribution is 6.30. The number of hydrogen-bond donors (Lipinski definition) is 1. The monoisotopic (exact) mass is 368 g/mol. The van der Waals surface area contributed by atoms with Crippen LogP contribution >= 0.6 is 23.2 Å². The largest absolute Gasteiger partial charge is 0.319 e. The SMILES string of the molecule is Clc1ccc(C(c2ccc(Cl)cc2)(c2cn[nH]c2)n2ccnc2)cc1. The van der Waals surface area contributed by atoms with Crippen LogP contribution in [0.3, 0.4) is 0 Å². The van der Waals surface area contributed by atoms with Crippen molar-refractivity contribution in [2.75, 3.05) is 0 Å². The van der Waals surface area contributed by atoms with Crippen LogP contribution < -0.4 is 0 Å². The Kier molecular flexibility index (Phi) is 4.07. The number of rotatable bonds is 4. The second-order valence-electron chi connectivity index (χ2n) is 5.68. The van der Waals surface area contributed by atoms with Crippen LogP contribution in [0.1, 0.15) is 16.7 Å². The topological polar surface area (TPSA) is 46.5 Å². The molecule has 0 fully saturated rings. The van der Waals surface area contributed by atoms with E-state index >= 15 is 0 Å². The third kappa shape index (κ3) is 2.64. The third-order valence-electron chi connectivity index (χ3n) is 4.33. The normalized spacial score (nSPS) is 11.6. The first-order valence-corrected chi connectivity index (χ1v) is 8.46. The van der Waals surface area contributed by atoms with Crippen LogP contribution in [0.5, 0.6) is 0 Å². The summed E-state index contributed by atoms with van der Waals surface area (Å²) < 4.78 is 2.06. The molecule has 0 unspecified atom stereocenters. The lowest BCUT2D eigenvalue weighted by Crippen LogP contribution is -2.36. The van der Waals surface area contributed by atoms with Crippen molar-refractivity contribution >= 4 is 23.2 Å². The predicted octanol–water partition coefficient (Wildman–Crippen LogP) is 4.75. The number of aromatic amines is 1. The molecule has 0 aliphatic rings. The van der Waals surface area contributed by atoms with Crippen molar-refractivity contribution in [2.24, 2.45) is 0 Å². The molecule has 0 radical (unpaired) electrons. The zero-order valence-corrected chi connectivity index (χ0v) is 14.6. The molecule has 2 aromatic carbocycles. The minimum atomic E-state index is -0.640. The summed E-state index contributed by atoms with van der Waals surface area (Å²) in [6.45, 7) is 0. The first-order valence-electron chi connectivity index (χ1n) is 7.71. The highest BCUT2D eigenvalue weighted by Gasteiger charge is 2.39. The minimum Gasteiger partial charge on any atom is -0.319 e. The van der Waals surface area contributed by atoms with Crippen LogP contribution in [0.2, 0.25) is 10.0 Å². The zero-order chi connectivity index (χ0) is 17.3. The van der Waals surface area contributed by atoms with Crippen LogP contribution in [0.4, 0.5) is 0 Å². The summed E-state index contributed by atoms with van der Waals surface area (Å²) in [5.41, 5.74) is 2.42. The van der Waals surface area contributed by atoms with Crippen molar-refractivity contribution in [1.29, 1.82) is 0 Å². The summed E-state index contributed by atoms with van der Waals surface area (Å²) in [5, 5.41) is 8.47. The number of imidazole rings is 1. The average Bonchev–Trinajstić information content (AvgIpc) is 3.33. The van der Waals surface area contributed by atoms with Gasteiger partial charge in [0.15, 0.2) is 0 Å². The lowest BCUT2D eigenvalue weighted by atomic mass is 9.78. The number of nitrogens with one attached hydrogen (secondary N) is 1. The van der Waals surface area contributed by atoms with Crippen LogP contribution in [0, 0.1) is 0 Å². The number of aromatic nitrogens is 4. The van der Waals surface area contributed by atoms with Crippen molar-refractivity contribution in [3.05, 3.63) is 106 Å². The Morgan fingerprint density at radius 2 is 1.44 bits per heavy atom. The molecular formula is C19H14Cl2N4. The molecule has 0 aliphatic heterocycles. The molecule has 0 saturated heterocycles. The van der Waals surface area contributed by atoms with Gasteiger partial charge in [0.2, 0.25) is 0 Å². The molecule has 0 aliphatic carbocycles. The van der Waals surface area contributed by atoms with Crippen molar-refractivity contribution in [1.82, 2.24) is 19.7 Å². The maximum absolute atomic E-state index is 6.12. The Hall–Kier alpha value is -2.56. The summed E-state index contributed by atoms with van der Waals surface area (Å²) in [7, 11) is 0. The molecule has 0 spiro atoms. The van der Waals surface area contributed by atoms with Gasteiger partial charge in [-0.1, -0.05) is 47.5 Å². The molecule has 1 N–H and O–H groups in total. The quantitative estimate of drug-likeness (QED) is 0.564. The molecule has 0 bridgehead atoms. The van der Waals surface area contributed by atoms with Gasteiger partial charge in [0.05, 0.1) is 12.5 Å².